The zero-order chi connectivity index (χ0) is 12.0. The molecule has 0 saturated carbocycles. The van der Waals surface area contributed by atoms with E-state index in [2.05, 4.69) is 13.0 Å². The molecule has 0 aliphatic heterocycles. The van der Waals surface area contributed by atoms with E-state index >= 15 is 0 Å². The molecule has 0 fully saturated rings. The Kier molecular flexibility index (Phi) is 5.48. The summed E-state index contributed by atoms with van der Waals surface area (Å²) in [7, 11) is 1.20. The van der Waals surface area contributed by atoms with Gasteiger partial charge in [0.2, 0.25) is 0 Å². The van der Waals surface area contributed by atoms with Crippen molar-refractivity contribution in [3.63, 3.8) is 0 Å². The summed E-state index contributed by atoms with van der Waals surface area (Å²) in [5, 5.41) is 1.16. The molecule has 16 heavy (non-hydrogen) atoms. The Morgan fingerprint density at radius 3 is 2.31 bits per heavy atom. The minimum Gasteiger partial charge on any atom is -0.394 e. The van der Waals surface area contributed by atoms with Crippen molar-refractivity contribution in [3.8, 4) is 0 Å². The van der Waals surface area contributed by atoms with E-state index in [4.69, 9.17) is 20.5 Å². The third-order valence-electron chi connectivity index (χ3n) is 2.81. The Bertz CT molecular complexity index is 327. The fourth-order valence-electron chi connectivity index (χ4n) is 1.98. The quantitative estimate of drug-likeness (QED) is 0.577. The third kappa shape index (κ3) is 2.66. The average molecular weight is 259 g/mol. The van der Waals surface area contributed by atoms with Gasteiger partial charge in [0.05, 0.1) is 0 Å². The minimum absolute atomic E-state index is 0.501. The van der Waals surface area contributed by atoms with Crippen molar-refractivity contribution in [3.05, 3.63) is 29.8 Å². The van der Waals surface area contributed by atoms with Crippen LogP contribution in [0.4, 0.5) is 0 Å². The van der Waals surface area contributed by atoms with Crippen LogP contribution in [0.5, 0.6) is 0 Å². The Hall–Kier alpha value is -0.353. The van der Waals surface area contributed by atoms with Crippen LogP contribution in [0.3, 0.4) is 0 Å². The van der Waals surface area contributed by atoms with Crippen LogP contribution >= 0.6 is 11.6 Å². The lowest BCUT2D eigenvalue weighted by molar-refractivity contribution is 0.256. The van der Waals surface area contributed by atoms with Gasteiger partial charge in [-0.05, 0) is 16.8 Å². The maximum atomic E-state index is 5.96. The van der Waals surface area contributed by atoms with Crippen LogP contribution in [0.25, 0.3) is 0 Å². The van der Waals surface area contributed by atoms with Gasteiger partial charge >= 0.3 is 8.56 Å². The normalized spacial score (nSPS) is 11.8. The molecule has 0 N–H and O–H groups in total. The summed E-state index contributed by atoms with van der Waals surface area (Å²) in [5.74, 6) is 0.501. The lowest BCUT2D eigenvalue weighted by atomic mass is 10.2. The SMILES string of the molecule is CCC[Si](OC)(OC)c1ccccc1CCl. The van der Waals surface area contributed by atoms with Crippen LogP contribution in [0, 0.1) is 0 Å². The molecule has 0 saturated heterocycles. The summed E-state index contributed by atoms with van der Waals surface area (Å²) < 4.78 is 11.4. The molecule has 2 nitrogen and oxygen atoms in total. The maximum absolute atomic E-state index is 5.96. The first kappa shape index (κ1) is 13.7. The molecule has 90 valence electrons. The molecule has 0 aromatic heterocycles. The number of hydrogen-bond acceptors (Lipinski definition) is 2. The highest BCUT2D eigenvalue weighted by molar-refractivity contribution is 6.81. The summed E-state index contributed by atoms with van der Waals surface area (Å²) in [5.41, 5.74) is 1.12. The van der Waals surface area contributed by atoms with Crippen molar-refractivity contribution in [2.75, 3.05) is 14.2 Å². The first-order valence-corrected chi connectivity index (χ1v) is 8.04. The number of benzene rings is 1. The third-order valence-corrected chi connectivity index (χ3v) is 6.88. The molecule has 0 aliphatic rings. The molecule has 1 aromatic rings. The largest absolute Gasteiger partial charge is 0.394 e. The van der Waals surface area contributed by atoms with E-state index in [1.54, 1.807) is 14.2 Å². The van der Waals surface area contributed by atoms with Crippen LogP contribution in [-0.2, 0) is 14.7 Å². The molecular weight excluding hydrogens is 240 g/mol. The zero-order valence-electron chi connectivity index (χ0n) is 10.1. The first-order valence-electron chi connectivity index (χ1n) is 5.48. The molecule has 1 aromatic carbocycles. The second-order valence-electron chi connectivity index (χ2n) is 3.70. The van der Waals surface area contributed by atoms with E-state index < -0.39 is 8.56 Å². The van der Waals surface area contributed by atoms with Crippen LogP contribution in [0.1, 0.15) is 18.9 Å². The van der Waals surface area contributed by atoms with Gasteiger partial charge in [-0.15, -0.1) is 11.6 Å². The topological polar surface area (TPSA) is 18.5 Å². The summed E-state index contributed by atoms with van der Waals surface area (Å²) in [6, 6.07) is 9.08. The highest BCUT2D eigenvalue weighted by atomic mass is 35.5. The van der Waals surface area contributed by atoms with E-state index in [0.29, 0.717) is 5.88 Å². The monoisotopic (exact) mass is 258 g/mol. The maximum Gasteiger partial charge on any atom is 0.372 e. The second kappa shape index (κ2) is 6.40. The van der Waals surface area contributed by atoms with Gasteiger partial charge in [0.25, 0.3) is 0 Å². The van der Waals surface area contributed by atoms with Crippen molar-refractivity contribution < 1.29 is 8.85 Å². The molecule has 0 spiro atoms. The molecule has 0 atom stereocenters. The molecular formula is C12H19ClO2Si. The fraction of sp³-hybridized carbons (Fsp3) is 0.500. The van der Waals surface area contributed by atoms with Gasteiger partial charge < -0.3 is 8.85 Å². The Balaban J connectivity index is 3.18. The van der Waals surface area contributed by atoms with Crippen LogP contribution in [-0.4, -0.2) is 22.8 Å². The molecule has 4 heteroatoms. The number of rotatable bonds is 6. The van der Waals surface area contributed by atoms with Crippen molar-refractivity contribution >= 4 is 25.3 Å². The van der Waals surface area contributed by atoms with E-state index in [0.717, 1.165) is 23.2 Å². The number of alkyl halides is 1. The predicted molar refractivity (Wildman–Crippen MR) is 70.5 cm³/mol. The standard InChI is InChI=1S/C12H19ClO2Si/c1-4-9-16(14-2,15-3)12-8-6-5-7-11(12)10-13/h5-8H,4,9-10H2,1-3H3. The lowest BCUT2D eigenvalue weighted by Crippen LogP contribution is -2.53. The van der Waals surface area contributed by atoms with Gasteiger partial charge in [-0.3, -0.25) is 0 Å². The number of hydrogen-bond donors (Lipinski definition) is 0. The molecule has 1 rings (SSSR count). The molecule has 0 radical (unpaired) electrons. The minimum atomic E-state index is -2.27. The zero-order valence-corrected chi connectivity index (χ0v) is 11.9. The fourth-order valence-corrected chi connectivity index (χ4v) is 5.28. The second-order valence-corrected chi connectivity index (χ2v) is 7.33. The van der Waals surface area contributed by atoms with Crippen molar-refractivity contribution in [2.24, 2.45) is 0 Å². The summed E-state index contributed by atoms with van der Waals surface area (Å²) >= 11 is 5.96. The molecule has 0 heterocycles. The lowest BCUT2D eigenvalue weighted by Gasteiger charge is -2.29. The summed E-state index contributed by atoms with van der Waals surface area (Å²) in [4.78, 5) is 0. The smallest absolute Gasteiger partial charge is 0.372 e. The highest BCUT2D eigenvalue weighted by Crippen LogP contribution is 2.17. The Labute approximate surface area is 104 Å². The van der Waals surface area contributed by atoms with Crippen LogP contribution in [0.15, 0.2) is 24.3 Å². The van der Waals surface area contributed by atoms with E-state index in [1.165, 1.54) is 0 Å². The Morgan fingerprint density at radius 1 is 1.19 bits per heavy atom. The molecule has 0 unspecified atom stereocenters. The van der Waals surface area contributed by atoms with Gasteiger partial charge in [-0.2, -0.15) is 0 Å². The van der Waals surface area contributed by atoms with Gasteiger partial charge in [0.1, 0.15) is 0 Å². The number of halogens is 1. The van der Waals surface area contributed by atoms with Crippen molar-refractivity contribution in [1.82, 2.24) is 0 Å². The average Bonchev–Trinajstić information content (AvgIpc) is 2.36. The van der Waals surface area contributed by atoms with Gasteiger partial charge in [0.15, 0.2) is 0 Å². The molecule has 0 aliphatic carbocycles. The van der Waals surface area contributed by atoms with Crippen LogP contribution in [0.2, 0.25) is 6.04 Å². The van der Waals surface area contributed by atoms with Crippen molar-refractivity contribution in [1.29, 1.82) is 0 Å². The van der Waals surface area contributed by atoms with E-state index in [-0.39, 0.29) is 0 Å². The van der Waals surface area contributed by atoms with Gasteiger partial charge in [-0.1, -0.05) is 37.6 Å². The first-order chi connectivity index (χ1) is 7.74. The predicted octanol–water partition coefficient (Wildman–Crippen LogP) is 2.78. The molecule has 0 amide bonds. The molecule has 0 bridgehead atoms. The van der Waals surface area contributed by atoms with E-state index in [9.17, 15) is 0 Å². The van der Waals surface area contributed by atoms with Crippen LogP contribution < -0.4 is 5.19 Å². The Morgan fingerprint density at radius 2 is 1.81 bits per heavy atom. The highest BCUT2D eigenvalue weighted by Gasteiger charge is 2.38. The van der Waals surface area contributed by atoms with Crippen molar-refractivity contribution in [2.45, 2.75) is 25.3 Å². The van der Waals surface area contributed by atoms with Gasteiger partial charge in [-0.25, -0.2) is 0 Å². The summed E-state index contributed by atoms with van der Waals surface area (Å²) in [6.45, 7) is 2.14. The summed E-state index contributed by atoms with van der Waals surface area (Å²) in [6.07, 6.45) is 1.05. The van der Waals surface area contributed by atoms with Gasteiger partial charge in [0, 0.05) is 20.1 Å². The van der Waals surface area contributed by atoms with E-state index in [1.807, 2.05) is 18.2 Å².